The third kappa shape index (κ3) is 9.42. The second-order valence-electron chi connectivity index (χ2n) is 10.6. The van der Waals surface area contributed by atoms with Crippen LogP contribution in [0.25, 0.3) is 0 Å². The lowest BCUT2D eigenvalue weighted by Gasteiger charge is -2.45. The lowest BCUT2D eigenvalue weighted by molar-refractivity contribution is -0.152. The van der Waals surface area contributed by atoms with Crippen LogP contribution in [0.2, 0.25) is 0 Å². The average Bonchev–Trinajstić information content (AvgIpc) is 3.57. The van der Waals surface area contributed by atoms with Crippen molar-refractivity contribution >= 4 is 62.6 Å². The van der Waals surface area contributed by atoms with Crippen molar-refractivity contribution in [3.63, 3.8) is 0 Å². The normalized spacial score (nSPS) is 19.5. The highest BCUT2D eigenvalue weighted by Gasteiger charge is 2.54. The van der Waals surface area contributed by atoms with Crippen LogP contribution in [0.3, 0.4) is 0 Å². The van der Waals surface area contributed by atoms with Gasteiger partial charge in [-0.15, -0.1) is 5.11 Å². The van der Waals surface area contributed by atoms with E-state index in [9.17, 15) is 32.5 Å². The number of hydrogen-bond acceptors (Lipinski definition) is 17. The molecule has 4 rings (SSSR count). The van der Waals surface area contributed by atoms with Crippen LogP contribution in [0.1, 0.15) is 31.2 Å². The Morgan fingerprint density at radius 1 is 1.30 bits per heavy atom. The molecule has 0 radical (unpaired) electrons. The topological polar surface area (TPSA) is 326 Å². The van der Waals surface area contributed by atoms with Crippen molar-refractivity contribution in [1.82, 2.24) is 29.3 Å². The van der Waals surface area contributed by atoms with Gasteiger partial charge in [-0.1, -0.05) is 5.16 Å². The quantitative estimate of drug-likeness (QED) is 0.0246. The van der Waals surface area contributed by atoms with Gasteiger partial charge in [-0.3, -0.25) is 24.1 Å². The van der Waals surface area contributed by atoms with Gasteiger partial charge < -0.3 is 36.8 Å². The maximum Gasteiger partial charge on any atom is 0.362 e. The maximum absolute atomic E-state index is 13.4. The Morgan fingerprint density at radius 3 is 2.58 bits per heavy atom. The molecule has 22 nitrogen and oxygen atoms in total. The molecule has 270 valence electrons. The summed E-state index contributed by atoms with van der Waals surface area (Å²) < 4.78 is 43.0. The lowest BCUT2D eigenvalue weighted by atomic mass is 9.98. The Kier molecular flexibility index (Phi) is 12.6. The second kappa shape index (κ2) is 16.9. The molecule has 2 aromatic rings. The van der Waals surface area contributed by atoms with Crippen LogP contribution in [0.4, 0.5) is 5.13 Å². The number of nitrogens with two attached hydrogens (primary N) is 2. The van der Waals surface area contributed by atoms with E-state index in [4.69, 9.17) is 26.6 Å². The number of hydrogen-bond donors (Lipinski definition) is 7. The molecule has 2 aliphatic heterocycles. The molecule has 0 spiro atoms. The first-order valence-corrected chi connectivity index (χ1v) is 17.1. The SMILES string of the molecule is CCN(C[C@@H]1[C@H](NC(=O)/C(=N\O[C@@H](COc2ccc(C(N)=NC3CCNCC3)cc2)C(=O)O)c2nsc(N=N)n2)C(=O)N1S(=O)(=O)O)/N=C\N. The molecule has 0 aliphatic carbocycles. The number of aromatic nitrogens is 2. The largest absolute Gasteiger partial charge is 0.489 e. The summed E-state index contributed by atoms with van der Waals surface area (Å²) >= 11 is 0.602. The molecule has 2 aliphatic rings. The van der Waals surface area contributed by atoms with Crippen molar-refractivity contribution in [2.24, 2.45) is 31.8 Å². The van der Waals surface area contributed by atoms with E-state index in [0.29, 0.717) is 22.9 Å². The van der Waals surface area contributed by atoms with Gasteiger partial charge >= 0.3 is 16.3 Å². The highest BCUT2D eigenvalue weighted by atomic mass is 32.2. The van der Waals surface area contributed by atoms with Gasteiger partial charge in [0.15, 0.2) is 0 Å². The number of ether oxygens (including phenoxy) is 1. The number of β-lactam (4-membered cyclic amide) rings is 1. The lowest BCUT2D eigenvalue weighted by Crippen LogP contribution is -2.74. The Labute approximate surface area is 289 Å². The van der Waals surface area contributed by atoms with Gasteiger partial charge in [-0.2, -0.15) is 22.9 Å². The molecule has 0 bridgehead atoms. The van der Waals surface area contributed by atoms with Gasteiger partial charge in [0.05, 0.1) is 18.6 Å². The fraction of sp³-hybridized carbons (Fsp3) is 0.462. The molecular formula is C26H35N13O9S2. The van der Waals surface area contributed by atoms with Gasteiger partial charge in [0.2, 0.25) is 16.7 Å². The van der Waals surface area contributed by atoms with E-state index in [1.165, 1.54) is 5.01 Å². The number of rotatable bonds is 17. The molecule has 3 atom stereocenters. The number of aliphatic carboxylic acids is 1. The summed E-state index contributed by atoms with van der Waals surface area (Å²) in [7, 11) is -5.03. The van der Waals surface area contributed by atoms with Crippen LogP contribution in [-0.2, 0) is 29.5 Å². The first kappa shape index (κ1) is 37.5. The number of carbonyl (C=O) groups is 3. The maximum atomic E-state index is 13.4. The number of carbonyl (C=O) groups excluding carboxylic acids is 2. The summed E-state index contributed by atoms with van der Waals surface area (Å²) in [5, 5.41) is 27.0. The predicted octanol–water partition coefficient (Wildman–Crippen LogP) is -1.37. The van der Waals surface area contributed by atoms with Crippen molar-refractivity contribution in [3.05, 3.63) is 35.7 Å². The predicted molar refractivity (Wildman–Crippen MR) is 176 cm³/mol. The number of amidine groups is 1. The molecule has 0 saturated carbocycles. The molecule has 2 fully saturated rings. The van der Waals surface area contributed by atoms with Crippen molar-refractivity contribution in [2.45, 2.75) is 44.0 Å². The van der Waals surface area contributed by atoms with Gasteiger partial charge in [-0.05, 0) is 57.1 Å². The first-order chi connectivity index (χ1) is 23.9. The molecular weight excluding hydrogens is 703 g/mol. The molecule has 9 N–H and O–H groups in total. The minimum absolute atomic E-state index is 0.116. The molecule has 2 amide bonds. The molecule has 1 aromatic carbocycles. The molecule has 2 saturated heterocycles. The number of nitrogens with zero attached hydrogens (tertiary/aromatic N) is 8. The third-order valence-corrected chi connectivity index (χ3v) is 8.92. The van der Waals surface area contributed by atoms with Crippen LogP contribution in [0.15, 0.2) is 44.6 Å². The number of aliphatic imine (C=N–C) groups is 1. The molecule has 0 unspecified atom stereocenters. The van der Waals surface area contributed by atoms with Crippen LogP contribution in [-0.4, -0.2) is 129 Å². The van der Waals surface area contributed by atoms with Crippen LogP contribution in [0, 0.1) is 5.53 Å². The highest BCUT2D eigenvalue weighted by Crippen LogP contribution is 2.25. The monoisotopic (exact) mass is 737 g/mol. The van der Waals surface area contributed by atoms with Crippen molar-refractivity contribution in [3.8, 4) is 5.75 Å². The number of hydrazone groups is 1. The number of oxime groups is 1. The average molecular weight is 738 g/mol. The van der Waals surface area contributed by atoms with Gasteiger partial charge in [0.1, 0.15) is 30.6 Å². The van der Waals surface area contributed by atoms with E-state index < -0.39 is 64.4 Å². The zero-order chi connectivity index (χ0) is 36.4. The fourth-order valence-corrected chi connectivity index (χ4v) is 6.16. The fourth-order valence-electron chi connectivity index (χ4n) is 4.82. The summed E-state index contributed by atoms with van der Waals surface area (Å²) in [5.41, 5.74) is 18.6. The van der Waals surface area contributed by atoms with E-state index in [1.54, 1.807) is 31.2 Å². The number of likely N-dealkylation sites (N-methyl/N-ethyl adjacent to an activating group) is 1. The summed E-state index contributed by atoms with van der Waals surface area (Å²) in [5.74, 6) is -3.71. The number of carboxylic acid groups (broad SMARTS) is 1. The van der Waals surface area contributed by atoms with Crippen LogP contribution >= 0.6 is 11.5 Å². The number of carboxylic acids is 1. The van der Waals surface area contributed by atoms with Crippen LogP contribution in [0.5, 0.6) is 5.75 Å². The number of amides is 2. The zero-order valence-electron chi connectivity index (χ0n) is 26.4. The van der Waals surface area contributed by atoms with Gasteiger partial charge in [0, 0.05) is 23.6 Å². The Morgan fingerprint density at radius 2 is 2.00 bits per heavy atom. The molecule has 3 heterocycles. The van der Waals surface area contributed by atoms with Crippen LogP contribution < -0.4 is 26.8 Å². The smallest absolute Gasteiger partial charge is 0.362 e. The summed E-state index contributed by atoms with van der Waals surface area (Å²) in [4.78, 5) is 51.8. The molecule has 50 heavy (non-hydrogen) atoms. The third-order valence-electron chi connectivity index (χ3n) is 7.36. The second-order valence-corrected chi connectivity index (χ2v) is 12.6. The van der Waals surface area contributed by atoms with Crippen molar-refractivity contribution in [2.75, 3.05) is 32.8 Å². The Bertz CT molecular complexity index is 1740. The van der Waals surface area contributed by atoms with Gasteiger partial charge in [-0.25, -0.2) is 14.6 Å². The number of piperidine rings is 1. The van der Waals surface area contributed by atoms with E-state index >= 15 is 0 Å². The zero-order valence-corrected chi connectivity index (χ0v) is 28.1. The summed E-state index contributed by atoms with van der Waals surface area (Å²) in [6.45, 7) is 2.73. The van der Waals surface area contributed by atoms with Gasteiger partial charge in [0.25, 0.3) is 17.9 Å². The Balaban J connectivity index is 1.49. The van der Waals surface area contributed by atoms with E-state index in [2.05, 4.69) is 40.4 Å². The van der Waals surface area contributed by atoms with Crippen molar-refractivity contribution < 1.29 is 42.0 Å². The Hall–Kier alpha value is -5.33. The summed E-state index contributed by atoms with van der Waals surface area (Å²) in [6.07, 6.45) is 0.901. The highest BCUT2D eigenvalue weighted by molar-refractivity contribution is 7.84. The summed E-state index contributed by atoms with van der Waals surface area (Å²) in [6, 6.07) is 3.69. The van der Waals surface area contributed by atoms with E-state index in [-0.39, 0.29) is 34.3 Å². The number of nitrogens with one attached hydrogen (secondary N) is 3. The standard InChI is InChI=1S/C26H35N13O9S2/c1-2-38(31-13-27)11-17-19(24(41)39(17)50(44,45)46)33-23(40)20(22-34-26(35-29)49-37-22)36-48-18(25(42)43)12-47-16-5-3-14(4-6-16)21(28)32-15-7-9-30-10-8-15/h3-6,13,15,17-19,29-30H,2,7-12H2,1H3,(H2,27,31)(H2,28,32)(H,33,40)(H,42,43)(H,44,45,46)/b35-29?,36-20-/t17-,18+,19+/m1/s1. The van der Waals surface area contributed by atoms with Crippen molar-refractivity contribution in [1.29, 1.82) is 5.53 Å². The number of benzene rings is 1. The first-order valence-electron chi connectivity index (χ1n) is 14.9. The minimum atomic E-state index is -5.03. The minimum Gasteiger partial charge on any atom is -0.489 e. The van der Waals surface area contributed by atoms with E-state index in [1.807, 2.05) is 0 Å². The molecule has 1 aromatic heterocycles. The molecule has 24 heteroatoms. The van der Waals surface area contributed by atoms with E-state index in [0.717, 1.165) is 32.3 Å².